The van der Waals surface area contributed by atoms with Crippen molar-refractivity contribution in [3.05, 3.63) is 75.8 Å². The van der Waals surface area contributed by atoms with Gasteiger partial charge in [0.1, 0.15) is 0 Å². The summed E-state index contributed by atoms with van der Waals surface area (Å²) in [6, 6.07) is 15.4. The van der Waals surface area contributed by atoms with Crippen LogP contribution in [0.1, 0.15) is 17.5 Å². The molecule has 1 N–H and O–H groups in total. The first-order valence-electron chi connectivity index (χ1n) is 7.21. The maximum atomic E-state index is 12.0. The van der Waals surface area contributed by atoms with Gasteiger partial charge in [0.05, 0.1) is 10.7 Å². The maximum Gasteiger partial charge on any atom is 0.269 e. The lowest BCUT2D eigenvalue weighted by atomic mass is 10.1. The van der Waals surface area contributed by atoms with E-state index in [2.05, 4.69) is 4.72 Å². The van der Waals surface area contributed by atoms with E-state index in [1.165, 1.54) is 29.8 Å². The number of aryl methyl sites for hydroxylation is 1. The molecule has 6 nitrogen and oxygen atoms in total. The Labute approximate surface area is 135 Å². The summed E-state index contributed by atoms with van der Waals surface area (Å²) in [4.78, 5) is 10.1. The van der Waals surface area contributed by atoms with Crippen LogP contribution in [0.3, 0.4) is 0 Å². The van der Waals surface area contributed by atoms with Crippen LogP contribution in [0.5, 0.6) is 0 Å². The molecule has 0 aromatic heterocycles. The van der Waals surface area contributed by atoms with E-state index in [0.717, 1.165) is 6.42 Å². The van der Waals surface area contributed by atoms with E-state index >= 15 is 0 Å². The molecular weight excluding hydrogens is 316 g/mol. The molecule has 0 radical (unpaired) electrons. The Morgan fingerprint density at radius 3 is 2.22 bits per heavy atom. The van der Waals surface area contributed by atoms with E-state index in [-0.39, 0.29) is 11.4 Å². The van der Waals surface area contributed by atoms with Crippen LogP contribution in [0.25, 0.3) is 0 Å². The minimum Gasteiger partial charge on any atom is -0.258 e. The molecule has 0 saturated carbocycles. The molecule has 0 spiro atoms. The van der Waals surface area contributed by atoms with Gasteiger partial charge in [0.15, 0.2) is 0 Å². The first kappa shape index (κ1) is 17.1. The van der Waals surface area contributed by atoms with Gasteiger partial charge in [0.25, 0.3) is 5.69 Å². The smallest absolute Gasteiger partial charge is 0.258 e. The van der Waals surface area contributed by atoms with Crippen LogP contribution in [0.2, 0.25) is 0 Å². The summed E-state index contributed by atoms with van der Waals surface area (Å²) >= 11 is 0. The van der Waals surface area contributed by atoms with Gasteiger partial charge >= 0.3 is 0 Å². The Balaban J connectivity index is 1.81. The van der Waals surface area contributed by atoms with Gasteiger partial charge in [0, 0.05) is 18.7 Å². The molecule has 0 aliphatic rings. The average Bonchev–Trinajstić information content (AvgIpc) is 2.53. The van der Waals surface area contributed by atoms with Crippen molar-refractivity contribution in [3.8, 4) is 0 Å². The number of hydrogen-bond acceptors (Lipinski definition) is 4. The van der Waals surface area contributed by atoms with Crippen LogP contribution in [0.15, 0.2) is 54.6 Å². The zero-order chi connectivity index (χ0) is 16.7. The molecule has 0 unspecified atom stereocenters. The second-order valence-corrected chi connectivity index (χ2v) is 6.97. The Kier molecular flexibility index (Phi) is 5.84. The fourth-order valence-corrected chi connectivity index (χ4v) is 3.34. The quantitative estimate of drug-likeness (QED) is 0.456. The van der Waals surface area contributed by atoms with Gasteiger partial charge in [-0.05, 0) is 24.0 Å². The molecule has 2 aromatic rings. The monoisotopic (exact) mass is 334 g/mol. The van der Waals surface area contributed by atoms with Crippen molar-refractivity contribution in [1.29, 1.82) is 0 Å². The molecule has 2 aromatic carbocycles. The summed E-state index contributed by atoms with van der Waals surface area (Å²) in [6.07, 6.45) is 1.52. The third kappa shape index (κ3) is 5.80. The molecule has 0 fully saturated rings. The predicted octanol–water partition coefficient (Wildman–Crippen LogP) is 2.65. The SMILES string of the molecule is O=[N+]([O-])c1ccc(CS(=O)(=O)NCCCc2ccccc2)cc1. The zero-order valence-corrected chi connectivity index (χ0v) is 13.3. The van der Waals surface area contributed by atoms with Crippen LogP contribution < -0.4 is 4.72 Å². The van der Waals surface area contributed by atoms with Gasteiger partial charge in [-0.3, -0.25) is 10.1 Å². The summed E-state index contributed by atoms with van der Waals surface area (Å²) < 4.78 is 26.5. The lowest BCUT2D eigenvalue weighted by molar-refractivity contribution is -0.384. The van der Waals surface area contributed by atoms with Crippen molar-refractivity contribution in [1.82, 2.24) is 4.72 Å². The van der Waals surface area contributed by atoms with Gasteiger partial charge < -0.3 is 0 Å². The molecule has 0 heterocycles. The molecule has 7 heteroatoms. The number of rotatable bonds is 8. The van der Waals surface area contributed by atoms with Gasteiger partial charge in [-0.15, -0.1) is 0 Å². The van der Waals surface area contributed by atoms with Gasteiger partial charge in [-0.1, -0.05) is 42.5 Å². The second kappa shape index (κ2) is 7.85. The number of sulfonamides is 1. The highest BCUT2D eigenvalue weighted by molar-refractivity contribution is 7.88. The third-order valence-corrected chi connectivity index (χ3v) is 4.67. The molecule has 122 valence electrons. The molecule has 0 aliphatic carbocycles. The highest BCUT2D eigenvalue weighted by Gasteiger charge is 2.12. The fourth-order valence-electron chi connectivity index (χ4n) is 2.15. The lowest BCUT2D eigenvalue weighted by Gasteiger charge is -2.07. The predicted molar refractivity (Wildman–Crippen MR) is 88.5 cm³/mol. The van der Waals surface area contributed by atoms with E-state index in [0.29, 0.717) is 18.5 Å². The molecule has 0 bridgehead atoms. The van der Waals surface area contributed by atoms with E-state index in [1.54, 1.807) is 0 Å². The number of nitrogens with one attached hydrogen (secondary N) is 1. The summed E-state index contributed by atoms with van der Waals surface area (Å²) in [7, 11) is -3.44. The molecule has 0 aliphatic heterocycles. The fraction of sp³-hybridized carbons (Fsp3) is 0.250. The second-order valence-electron chi connectivity index (χ2n) is 5.17. The first-order chi connectivity index (χ1) is 11.0. The van der Waals surface area contributed by atoms with Crippen molar-refractivity contribution < 1.29 is 13.3 Å². The average molecular weight is 334 g/mol. The van der Waals surface area contributed by atoms with Crippen LogP contribution in [0.4, 0.5) is 5.69 Å². The number of non-ortho nitro benzene ring substituents is 1. The number of nitro groups is 1. The Hall–Kier alpha value is -2.25. The zero-order valence-electron chi connectivity index (χ0n) is 12.5. The molecule has 0 atom stereocenters. The van der Waals surface area contributed by atoms with Crippen molar-refractivity contribution >= 4 is 15.7 Å². The van der Waals surface area contributed by atoms with E-state index in [1.807, 2.05) is 30.3 Å². The normalized spacial score (nSPS) is 11.3. The van der Waals surface area contributed by atoms with Gasteiger partial charge in [-0.2, -0.15) is 0 Å². The Morgan fingerprint density at radius 1 is 0.957 bits per heavy atom. The largest absolute Gasteiger partial charge is 0.269 e. The molecule has 0 amide bonds. The van der Waals surface area contributed by atoms with Crippen LogP contribution in [-0.4, -0.2) is 19.9 Å². The van der Waals surface area contributed by atoms with E-state index in [9.17, 15) is 18.5 Å². The highest BCUT2D eigenvalue weighted by Crippen LogP contribution is 2.13. The number of nitrogens with zero attached hydrogens (tertiary/aromatic N) is 1. The number of benzene rings is 2. The van der Waals surface area contributed by atoms with E-state index in [4.69, 9.17) is 0 Å². The highest BCUT2D eigenvalue weighted by atomic mass is 32.2. The molecule has 23 heavy (non-hydrogen) atoms. The number of hydrogen-bond donors (Lipinski definition) is 1. The summed E-state index contributed by atoms with van der Waals surface area (Å²) in [5.74, 6) is -0.184. The number of nitro benzene ring substituents is 1. The van der Waals surface area contributed by atoms with Crippen molar-refractivity contribution in [2.75, 3.05) is 6.54 Å². The lowest BCUT2D eigenvalue weighted by Crippen LogP contribution is -2.26. The summed E-state index contributed by atoms with van der Waals surface area (Å²) in [6.45, 7) is 0.365. The van der Waals surface area contributed by atoms with Crippen molar-refractivity contribution in [3.63, 3.8) is 0 Å². The van der Waals surface area contributed by atoms with Crippen LogP contribution in [0, 0.1) is 10.1 Å². The van der Waals surface area contributed by atoms with Crippen molar-refractivity contribution in [2.45, 2.75) is 18.6 Å². The standard InChI is InChI=1S/C16H18N2O4S/c19-18(20)16-10-8-15(9-11-16)13-23(21,22)17-12-4-7-14-5-2-1-3-6-14/h1-3,5-6,8-11,17H,4,7,12-13H2. The summed E-state index contributed by atoms with van der Waals surface area (Å²) in [5.41, 5.74) is 1.63. The van der Waals surface area contributed by atoms with Gasteiger partial charge in [-0.25, -0.2) is 13.1 Å². The molecular formula is C16H18N2O4S. The minimum absolute atomic E-state index is 0.0537. The molecule has 2 rings (SSSR count). The first-order valence-corrected chi connectivity index (χ1v) is 8.86. The Bertz CT molecular complexity index is 743. The molecule has 0 saturated heterocycles. The third-order valence-electron chi connectivity index (χ3n) is 3.31. The van der Waals surface area contributed by atoms with E-state index < -0.39 is 14.9 Å². The summed E-state index contributed by atoms with van der Waals surface area (Å²) in [5, 5.41) is 10.6. The van der Waals surface area contributed by atoms with Gasteiger partial charge in [0.2, 0.25) is 10.0 Å². The van der Waals surface area contributed by atoms with Crippen LogP contribution in [-0.2, 0) is 22.2 Å². The Morgan fingerprint density at radius 2 is 1.61 bits per heavy atom. The topological polar surface area (TPSA) is 89.3 Å². The van der Waals surface area contributed by atoms with Crippen molar-refractivity contribution in [2.24, 2.45) is 0 Å². The maximum absolute atomic E-state index is 12.0. The van der Waals surface area contributed by atoms with Crippen LogP contribution >= 0.6 is 0 Å². The minimum atomic E-state index is -3.44.